The van der Waals surface area contributed by atoms with Crippen molar-refractivity contribution in [2.24, 2.45) is 4.99 Å². The van der Waals surface area contributed by atoms with Crippen molar-refractivity contribution in [3.8, 4) is 0 Å². The van der Waals surface area contributed by atoms with E-state index in [4.69, 9.17) is 0 Å². The summed E-state index contributed by atoms with van der Waals surface area (Å²) < 4.78 is 12.1. The molecule has 3 unspecified atom stereocenters. The van der Waals surface area contributed by atoms with E-state index in [1.807, 2.05) is 14.0 Å². The van der Waals surface area contributed by atoms with Crippen molar-refractivity contribution in [3.63, 3.8) is 0 Å². The van der Waals surface area contributed by atoms with Crippen LogP contribution in [0.2, 0.25) is 0 Å². The standard InChI is InChI=1S/C18H36N4OS.HI/c1-4-24(23)17-11-7-8-15(14-17)21-18(19-2)20-12-13-22(3)16-9-5-6-10-16;/h15-17H,4-14H2,1-3H3,(H2,19,20,21);1H. The number of guanidine groups is 1. The molecule has 0 saturated heterocycles. The van der Waals surface area contributed by atoms with Crippen LogP contribution in [0, 0.1) is 0 Å². The Morgan fingerprint density at radius 2 is 1.92 bits per heavy atom. The molecule has 2 aliphatic rings. The summed E-state index contributed by atoms with van der Waals surface area (Å²) in [6.45, 7) is 4.00. The van der Waals surface area contributed by atoms with Gasteiger partial charge in [-0.15, -0.1) is 24.0 Å². The molecule has 25 heavy (non-hydrogen) atoms. The van der Waals surface area contributed by atoms with Crippen molar-refractivity contribution in [1.82, 2.24) is 15.5 Å². The van der Waals surface area contributed by atoms with E-state index in [1.54, 1.807) is 0 Å². The summed E-state index contributed by atoms with van der Waals surface area (Å²) in [5.74, 6) is 1.67. The second-order valence-corrected chi connectivity index (χ2v) is 9.22. The maximum absolute atomic E-state index is 12.1. The molecule has 0 aliphatic heterocycles. The summed E-state index contributed by atoms with van der Waals surface area (Å²) >= 11 is 0. The summed E-state index contributed by atoms with van der Waals surface area (Å²) in [6.07, 6.45) is 9.89. The first-order valence-electron chi connectivity index (χ1n) is 9.68. The topological polar surface area (TPSA) is 56.7 Å². The van der Waals surface area contributed by atoms with Crippen molar-refractivity contribution in [3.05, 3.63) is 0 Å². The molecule has 2 N–H and O–H groups in total. The van der Waals surface area contributed by atoms with Crippen LogP contribution in [0.25, 0.3) is 0 Å². The molecule has 0 radical (unpaired) electrons. The van der Waals surface area contributed by atoms with Gasteiger partial charge in [-0.1, -0.05) is 26.2 Å². The van der Waals surface area contributed by atoms with Crippen LogP contribution in [0.5, 0.6) is 0 Å². The quantitative estimate of drug-likeness (QED) is 0.332. The fraction of sp³-hybridized carbons (Fsp3) is 0.944. The molecule has 0 amide bonds. The SMILES string of the molecule is CCS(=O)C1CCCC(NC(=NC)NCCN(C)C2CCCC2)C1.I. The average molecular weight is 484 g/mol. The third kappa shape index (κ3) is 7.71. The van der Waals surface area contributed by atoms with Crippen LogP contribution in [-0.2, 0) is 10.8 Å². The lowest BCUT2D eigenvalue weighted by Crippen LogP contribution is -2.48. The Bertz CT molecular complexity index is 429. The van der Waals surface area contributed by atoms with Gasteiger partial charge in [-0.3, -0.25) is 9.20 Å². The third-order valence-electron chi connectivity index (χ3n) is 5.55. The van der Waals surface area contributed by atoms with Gasteiger partial charge in [-0.05, 0) is 39.2 Å². The molecule has 2 fully saturated rings. The highest BCUT2D eigenvalue weighted by Gasteiger charge is 2.26. The van der Waals surface area contributed by atoms with Crippen molar-refractivity contribution in [2.75, 3.05) is 32.9 Å². The Morgan fingerprint density at radius 3 is 2.56 bits per heavy atom. The van der Waals surface area contributed by atoms with E-state index in [1.165, 1.54) is 25.7 Å². The maximum Gasteiger partial charge on any atom is 0.191 e. The highest BCUT2D eigenvalue weighted by Crippen LogP contribution is 2.23. The van der Waals surface area contributed by atoms with Crippen LogP contribution < -0.4 is 10.6 Å². The highest BCUT2D eigenvalue weighted by molar-refractivity contribution is 14.0. The van der Waals surface area contributed by atoms with Gasteiger partial charge in [-0.25, -0.2) is 0 Å². The zero-order chi connectivity index (χ0) is 17.4. The smallest absolute Gasteiger partial charge is 0.191 e. The van der Waals surface area contributed by atoms with Crippen LogP contribution >= 0.6 is 24.0 Å². The summed E-state index contributed by atoms with van der Waals surface area (Å²) in [7, 11) is 3.40. The fourth-order valence-corrected chi connectivity index (χ4v) is 5.36. The van der Waals surface area contributed by atoms with Gasteiger partial charge in [-0.2, -0.15) is 0 Å². The lowest BCUT2D eigenvalue weighted by Gasteiger charge is -2.30. The number of hydrogen-bond acceptors (Lipinski definition) is 3. The number of nitrogens with zero attached hydrogens (tertiary/aromatic N) is 2. The van der Waals surface area contributed by atoms with Crippen LogP contribution in [-0.4, -0.2) is 65.3 Å². The van der Waals surface area contributed by atoms with Gasteiger partial charge < -0.3 is 15.5 Å². The number of likely N-dealkylation sites (N-methyl/N-ethyl adjacent to an activating group) is 1. The Balaban J connectivity index is 0.00000312. The summed E-state index contributed by atoms with van der Waals surface area (Å²) in [6, 6.07) is 1.17. The van der Waals surface area contributed by atoms with Gasteiger partial charge in [0.1, 0.15) is 0 Å². The first-order valence-corrected chi connectivity index (χ1v) is 11.1. The third-order valence-corrected chi connectivity index (χ3v) is 7.29. The molecule has 0 aromatic rings. The molecule has 0 heterocycles. The minimum Gasteiger partial charge on any atom is -0.355 e. The highest BCUT2D eigenvalue weighted by atomic mass is 127. The zero-order valence-electron chi connectivity index (χ0n) is 16.1. The fourth-order valence-electron chi connectivity index (χ4n) is 4.02. The summed E-state index contributed by atoms with van der Waals surface area (Å²) in [5.41, 5.74) is 0. The first-order chi connectivity index (χ1) is 11.6. The lowest BCUT2D eigenvalue weighted by atomic mass is 9.95. The number of rotatable bonds is 7. The van der Waals surface area contributed by atoms with Gasteiger partial charge in [0.2, 0.25) is 0 Å². The molecule has 0 aromatic carbocycles. The van der Waals surface area contributed by atoms with E-state index >= 15 is 0 Å². The zero-order valence-corrected chi connectivity index (χ0v) is 19.3. The van der Waals surface area contributed by atoms with Crippen molar-refractivity contribution < 1.29 is 4.21 Å². The Hall–Kier alpha value is 0.110. The molecule has 0 aromatic heterocycles. The predicted molar refractivity (Wildman–Crippen MR) is 120 cm³/mol. The lowest BCUT2D eigenvalue weighted by molar-refractivity contribution is 0.249. The molecule has 0 bridgehead atoms. The summed E-state index contributed by atoms with van der Waals surface area (Å²) in [4.78, 5) is 6.85. The van der Waals surface area contributed by atoms with Crippen LogP contribution in [0.1, 0.15) is 58.3 Å². The normalized spacial score (nSPS) is 26.3. The Labute approximate surface area is 173 Å². The number of hydrogen-bond donors (Lipinski definition) is 2. The van der Waals surface area contributed by atoms with Crippen molar-refractivity contribution in [2.45, 2.75) is 75.6 Å². The van der Waals surface area contributed by atoms with E-state index in [-0.39, 0.29) is 24.0 Å². The molecular formula is C18H37IN4OS. The number of nitrogens with one attached hydrogen (secondary N) is 2. The predicted octanol–water partition coefficient (Wildman–Crippen LogP) is 2.72. The van der Waals surface area contributed by atoms with Crippen molar-refractivity contribution in [1.29, 1.82) is 0 Å². The molecule has 2 saturated carbocycles. The van der Waals surface area contributed by atoms with E-state index in [9.17, 15) is 4.21 Å². The largest absolute Gasteiger partial charge is 0.355 e. The number of halogens is 1. The van der Waals surface area contributed by atoms with E-state index in [0.29, 0.717) is 11.3 Å². The number of aliphatic imine (C=N–C) groups is 1. The van der Waals surface area contributed by atoms with E-state index < -0.39 is 10.8 Å². The van der Waals surface area contributed by atoms with E-state index in [0.717, 1.165) is 56.5 Å². The second-order valence-electron chi connectivity index (χ2n) is 7.22. The van der Waals surface area contributed by atoms with Gasteiger partial charge >= 0.3 is 0 Å². The molecule has 3 atom stereocenters. The van der Waals surface area contributed by atoms with Crippen LogP contribution in [0.4, 0.5) is 0 Å². The molecule has 2 aliphatic carbocycles. The Morgan fingerprint density at radius 1 is 1.20 bits per heavy atom. The summed E-state index contributed by atoms with van der Waals surface area (Å²) in [5, 5.41) is 7.35. The molecule has 148 valence electrons. The minimum absolute atomic E-state index is 0. The van der Waals surface area contributed by atoms with Crippen molar-refractivity contribution >= 4 is 40.7 Å². The maximum atomic E-state index is 12.1. The first kappa shape index (κ1) is 23.1. The minimum atomic E-state index is -0.671. The van der Waals surface area contributed by atoms with Gasteiger partial charge in [0.25, 0.3) is 0 Å². The monoisotopic (exact) mass is 484 g/mol. The molecular weight excluding hydrogens is 447 g/mol. The van der Waals surface area contributed by atoms with Gasteiger partial charge in [0.15, 0.2) is 5.96 Å². The molecule has 7 heteroatoms. The average Bonchev–Trinajstić information content (AvgIpc) is 3.15. The van der Waals surface area contributed by atoms with Gasteiger partial charge in [0.05, 0.1) is 0 Å². The molecule has 0 spiro atoms. The second kappa shape index (κ2) is 12.5. The van der Waals surface area contributed by atoms with Gasteiger partial charge in [0, 0.05) is 54.0 Å². The molecule has 2 rings (SSSR count). The van der Waals surface area contributed by atoms with Crippen LogP contribution in [0.3, 0.4) is 0 Å². The van der Waals surface area contributed by atoms with E-state index in [2.05, 4.69) is 27.6 Å². The van der Waals surface area contributed by atoms with Crippen LogP contribution in [0.15, 0.2) is 4.99 Å². The molecule has 5 nitrogen and oxygen atoms in total. The Kier molecular flexibility index (Phi) is 11.6.